The predicted octanol–water partition coefficient (Wildman–Crippen LogP) is 0.989. The summed E-state index contributed by atoms with van der Waals surface area (Å²) in [5.74, 6) is 0.407. The summed E-state index contributed by atoms with van der Waals surface area (Å²) in [5.41, 5.74) is 0.290. The minimum atomic E-state index is -0.336. The SMILES string of the molecule is C=CCNc1ccc(C(=O)N2CCN(C(=O)OCC)CC2)nn1. The molecule has 8 heteroatoms. The van der Waals surface area contributed by atoms with Crippen LogP contribution in [0, 0.1) is 0 Å². The van der Waals surface area contributed by atoms with Crippen molar-refractivity contribution in [1.29, 1.82) is 0 Å². The minimum absolute atomic E-state index is 0.184. The van der Waals surface area contributed by atoms with E-state index in [9.17, 15) is 9.59 Å². The summed E-state index contributed by atoms with van der Waals surface area (Å²) in [6, 6.07) is 3.34. The Morgan fingerprint density at radius 3 is 2.52 bits per heavy atom. The summed E-state index contributed by atoms with van der Waals surface area (Å²) in [5, 5.41) is 10.9. The number of nitrogens with zero attached hydrogens (tertiary/aromatic N) is 4. The zero-order chi connectivity index (χ0) is 16.7. The number of piperazine rings is 1. The highest BCUT2D eigenvalue weighted by Crippen LogP contribution is 2.09. The van der Waals surface area contributed by atoms with Gasteiger partial charge in [-0.15, -0.1) is 16.8 Å². The quantitative estimate of drug-likeness (QED) is 0.814. The van der Waals surface area contributed by atoms with Crippen molar-refractivity contribution in [2.24, 2.45) is 0 Å². The highest BCUT2D eigenvalue weighted by Gasteiger charge is 2.26. The lowest BCUT2D eigenvalue weighted by molar-refractivity contribution is 0.0565. The molecule has 2 rings (SSSR count). The predicted molar refractivity (Wildman–Crippen MR) is 85.2 cm³/mol. The smallest absolute Gasteiger partial charge is 0.409 e. The number of amides is 2. The number of anilines is 1. The molecule has 2 amide bonds. The topological polar surface area (TPSA) is 87.7 Å². The molecular weight excluding hydrogens is 298 g/mol. The Labute approximate surface area is 135 Å². The molecule has 8 nitrogen and oxygen atoms in total. The van der Waals surface area contributed by atoms with Gasteiger partial charge in [0.1, 0.15) is 5.82 Å². The van der Waals surface area contributed by atoms with E-state index in [1.807, 2.05) is 0 Å². The molecule has 1 aliphatic rings. The largest absolute Gasteiger partial charge is 0.450 e. The zero-order valence-electron chi connectivity index (χ0n) is 13.2. The van der Waals surface area contributed by atoms with Gasteiger partial charge in [-0.3, -0.25) is 4.79 Å². The van der Waals surface area contributed by atoms with E-state index in [0.717, 1.165) is 0 Å². The van der Waals surface area contributed by atoms with Gasteiger partial charge in [-0.2, -0.15) is 0 Å². The highest BCUT2D eigenvalue weighted by molar-refractivity contribution is 5.92. The van der Waals surface area contributed by atoms with Crippen LogP contribution in [0.4, 0.5) is 10.6 Å². The molecular formula is C15H21N5O3. The average molecular weight is 319 g/mol. The van der Waals surface area contributed by atoms with E-state index in [-0.39, 0.29) is 12.0 Å². The second-order valence-electron chi connectivity index (χ2n) is 4.95. The molecule has 0 saturated carbocycles. The number of carbonyl (C=O) groups excluding carboxylic acids is 2. The van der Waals surface area contributed by atoms with Crippen LogP contribution in [0.5, 0.6) is 0 Å². The van der Waals surface area contributed by atoms with Crippen molar-refractivity contribution >= 4 is 17.8 Å². The molecule has 0 aromatic carbocycles. The van der Waals surface area contributed by atoms with Crippen LogP contribution in [-0.2, 0) is 4.74 Å². The van der Waals surface area contributed by atoms with Gasteiger partial charge in [-0.25, -0.2) is 4.79 Å². The molecule has 2 heterocycles. The first-order chi connectivity index (χ1) is 11.2. The first-order valence-electron chi connectivity index (χ1n) is 7.55. The van der Waals surface area contributed by atoms with E-state index < -0.39 is 0 Å². The minimum Gasteiger partial charge on any atom is -0.450 e. The summed E-state index contributed by atoms with van der Waals surface area (Å²) >= 11 is 0. The number of hydrogen-bond donors (Lipinski definition) is 1. The van der Waals surface area contributed by atoms with Crippen LogP contribution in [0.25, 0.3) is 0 Å². The van der Waals surface area contributed by atoms with Crippen LogP contribution < -0.4 is 5.32 Å². The molecule has 1 saturated heterocycles. The summed E-state index contributed by atoms with van der Waals surface area (Å²) < 4.78 is 4.95. The Morgan fingerprint density at radius 2 is 1.96 bits per heavy atom. The van der Waals surface area contributed by atoms with Gasteiger partial charge in [0.2, 0.25) is 0 Å². The summed E-state index contributed by atoms with van der Waals surface area (Å²) in [7, 11) is 0. The molecule has 0 aliphatic carbocycles. The Hall–Kier alpha value is -2.64. The first-order valence-corrected chi connectivity index (χ1v) is 7.55. The number of nitrogens with one attached hydrogen (secondary N) is 1. The molecule has 0 spiro atoms. The molecule has 0 unspecified atom stereocenters. The van der Waals surface area contributed by atoms with Crippen LogP contribution in [0.1, 0.15) is 17.4 Å². The third kappa shape index (κ3) is 4.41. The molecule has 1 fully saturated rings. The van der Waals surface area contributed by atoms with Crippen LogP contribution >= 0.6 is 0 Å². The van der Waals surface area contributed by atoms with E-state index in [1.54, 1.807) is 34.9 Å². The third-order valence-corrected chi connectivity index (χ3v) is 3.40. The van der Waals surface area contributed by atoms with Crippen LogP contribution in [0.15, 0.2) is 24.8 Å². The number of rotatable bonds is 5. The standard InChI is InChI=1S/C15H21N5O3/c1-3-7-16-13-6-5-12(17-18-13)14(21)19-8-10-20(11-9-19)15(22)23-4-2/h3,5-6H,1,4,7-11H2,2H3,(H,16,18). The maximum absolute atomic E-state index is 12.4. The Balaban J connectivity index is 1.89. The molecule has 124 valence electrons. The highest BCUT2D eigenvalue weighted by atomic mass is 16.6. The van der Waals surface area contributed by atoms with Gasteiger partial charge in [0.15, 0.2) is 5.69 Å². The lowest BCUT2D eigenvalue weighted by atomic mass is 10.2. The monoisotopic (exact) mass is 319 g/mol. The van der Waals surface area contributed by atoms with E-state index in [0.29, 0.717) is 50.8 Å². The van der Waals surface area contributed by atoms with Crippen molar-refractivity contribution in [3.8, 4) is 0 Å². The number of carbonyl (C=O) groups is 2. The molecule has 0 radical (unpaired) electrons. The van der Waals surface area contributed by atoms with E-state index >= 15 is 0 Å². The van der Waals surface area contributed by atoms with Crippen molar-refractivity contribution in [3.63, 3.8) is 0 Å². The normalized spacial score (nSPS) is 14.3. The van der Waals surface area contributed by atoms with Crippen molar-refractivity contribution in [3.05, 3.63) is 30.5 Å². The summed E-state index contributed by atoms with van der Waals surface area (Å²) in [6.45, 7) is 8.12. The van der Waals surface area contributed by atoms with Gasteiger partial charge in [0, 0.05) is 32.7 Å². The summed E-state index contributed by atoms with van der Waals surface area (Å²) in [6.07, 6.45) is 1.38. The van der Waals surface area contributed by atoms with Crippen molar-refractivity contribution in [2.45, 2.75) is 6.92 Å². The van der Waals surface area contributed by atoms with Gasteiger partial charge in [0.25, 0.3) is 5.91 Å². The molecule has 1 aliphatic heterocycles. The fourth-order valence-corrected chi connectivity index (χ4v) is 2.19. The lowest BCUT2D eigenvalue weighted by Gasteiger charge is -2.33. The first kappa shape index (κ1) is 16.7. The van der Waals surface area contributed by atoms with E-state index in [2.05, 4.69) is 22.1 Å². The molecule has 1 aromatic heterocycles. The fourth-order valence-electron chi connectivity index (χ4n) is 2.19. The second-order valence-corrected chi connectivity index (χ2v) is 4.95. The summed E-state index contributed by atoms with van der Waals surface area (Å²) in [4.78, 5) is 27.3. The molecule has 1 N–H and O–H groups in total. The fraction of sp³-hybridized carbons (Fsp3) is 0.467. The van der Waals surface area contributed by atoms with E-state index in [1.165, 1.54) is 0 Å². The van der Waals surface area contributed by atoms with Crippen LogP contribution in [0.2, 0.25) is 0 Å². The Bertz CT molecular complexity index is 553. The second kappa shape index (κ2) is 8.11. The van der Waals surface area contributed by atoms with Gasteiger partial charge >= 0.3 is 6.09 Å². The average Bonchev–Trinajstić information content (AvgIpc) is 2.60. The van der Waals surface area contributed by atoms with Crippen molar-refractivity contribution < 1.29 is 14.3 Å². The van der Waals surface area contributed by atoms with Gasteiger partial charge < -0.3 is 19.9 Å². The molecule has 0 bridgehead atoms. The lowest BCUT2D eigenvalue weighted by Crippen LogP contribution is -2.50. The van der Waals surface area contributed by atoms with E-state index in [4.69, 9.17) is 4.74 Å². The molecule has 0 atom stereocenters. The molecule has 23 heavy (non-hydrogen) atoms. The number of hydrogen-bond acceptors (Lipinski definition) is 6. The van der Waals surface area contributed by atoms with Gasteiger partial charge in [-0.1, -0.05) is 6.08 Å². The number of aromatic nitrogens is 2. The Kier molecular flexibility index (Phi) is 5.90. The van der Waals surface area contributed by atoms with Gasteiger partial charge in [0.05, 0.1) is 6.61 Å². The van der Waals surface area contributed by atoms with Crippen LogP contribution in [-0.4, -0.2) is 71.3 Å². The third-order valence-electron chi connectivity index (χ3n) is 3.40. The maximum Gasteiger partial charge on any atom is 0.409 e. The van der Waals surface area contributed by atoms with Gasteiger partial charge in [-0.05, 0) is 19.1 Å². The van der Waals surface area contributed by atoms with Crippen LogP contribution in [0.3, 0.4) is 0 Å². The molecule has 1 aromatic rings. The Morgan fingerprint density at radius 1 is 1.26 bits per heavy atom. The maximum atomic E-state index is 12.4. The van der Waals surface area contributed by atoms with Crippen molar-refractivity contribution in [1.82, 2.24) is 20.0 Å². The number of ether oxygens (including phenoxy) is 1. The van der Waals surface area contributed by atoms with Crippen molar-refractivity contribution in [2.75, 3.05) is 44.6 Å². The zero-order valence-corrected chi connectivity index (χ0v) is 13.2.